The molecule has 0 aliphatic carbocycles. The number of thiocarbonyl (C=S) groups is 1. The number of nitro groups is 1. The third-order valence-electron chi connectivity index (χ3n) is 6.14. The van der Waals surface area contributed by atoms with E-state index >= 15 is 0 Å². The second-order valence-corrected chi connectivity index (χ2v) is 8.90. The van der Waals surface area contributed by atoms with Crippen molar-refractivity contribution in [2.75, 3.05) is 48.4 Å². The number of hydrogen-bond donors (Lipinski definition) is 2. The highest BCUT2D eigenvalue weighted by Crippen LogP contribution is 2.32. The topological polar surface area (TPSA) is 100.0 Å². The molecule has 0 atom stereocenters. The van der Waals surface area contributed by atoms with Crippen LogP contribution in [0.5, 0.6) is 5.75 Å². The molecule has 0 aromatic heterocycles. The van der Waals surface area contributed by atoms with Crippen LogP contribution >= 0.6 is 12.2 Å². The zero-order chi connectivity index (χ0) is 29.1. The molecule has 0 spiro atoms. The van der Waals surface area contributed by atoms with Crippen LogP contribution in [0.25, 0.3) is 0 Å². The Hall–Kier alpha value is -4.53. The van der Waals surface area contributed by atoms with E-state index < -0.39 is 45.6 Å². The van der Waals surface area contributed by atoms with Gasteiger partial charge in [0.05, 0.1) is 12.0 Å². The molecule has 40 heavy (non-hydrogen) atoms. The molecule has 0 unspecified atom stereocenters. The van der Waals surface area contributed by atoms with Crippen LogP contribution in [0.15, 0.2) is 42.5 Å². The molecule has 15 heteroatoms. The number of methoxy groups -OCH3 is 1. The molecule has 0 saturated carbocycles. The van der Waals surface area contributed by atoms with Gasteiger partial charge >= 0.3 is 5.69 Å². The standard InChI is InChI=1S/C25H20F5N5O4S/c1-39-17-7-2-13(12-16(17)35(37)38)24(36)32-25(40)31-14-3-5-15(6-4-14)33-8-10-34(11-9-33)23-21(29)19(27)18(26)20(28)22(23)30/h2-7,12H,8-11H2,1H3,(H2,31,32,36,40). The molecule has 210 valence electrons. The zero-order valence-corrected chi connectivity index (χ0v) is 21.5. The van der Waals surface area contributed by atoms with Crippen molar-refractivity contribution < 1.29 is 36.4 Å². The summed E-state index contributed by atoms with van der Waals surface area (Å²) in [6.07, 6.45) is 0. The highest BCUT2D eigenvalue weighted by atomic mass is 32.1. The van der Waals surface area contributed by atoms with E-state index in [1.807, 2.05) is 4.90 Å². The summed E-state index contributed by atoms with van der Waals surface area (Å²) in [5, 5.41) is 16.4. The predicted molar refractivity (Wildman–Crippen MR) is 140 cm³/mol. The number of nitro benzene ring substituents is 1. The molecule has 2 N–H and O–H groups in total. The number of nitrogens with one attached hydrogen (secondary N) is 2. The SMILES string of the molecule is COc1ccc(C(=O)NC(=S)Nc2ccc(N3CCN(c4c(F)c(F)c(F)c(F)c4F)CC3)cc2)cc1[N+](=O)[O-]. The molecule has 3 aromatic carbocycles. The van der Waals surface area contributed by atoms with Crippen molar-refractivity contribution in [1.29, 1.82) is 0 Å². The second-order valence-electron chi connectivity index (χ2n) is 8.49. The molecule has 0 radical (unpaired) electrons. The summed E-state index contributed by atoms with van der Waals surface area (Å²) >= 11 is 5.15. The molecule has 1 aliphatic heterocycles. The first-order chi connectivity index (χ1) is 19.0. The van der Waals surface area contributed by atoms with Crippen molar-refractivity contribution in [1.82, 2.24) is 5.32 Å². The minimum absolute atomic E-state index is 0.00123. The van der Waals surface area contributed by atoms with Gasteiger partial charge in [-0.05, 0) is 48.6 Å². The summed E-state index contributed by atoms with van der Waals surface area (Å²) in [7, 11) is 1.27. The van der Waals surface area contributed by atoms with Crippen LogP contribution in [0.4, 0.5) is 44.7 Å². The van der Waals surface area contributed by atoms with E-state index in [2.05, 4.69) is 10.6 Å². The van der Waals surface area contributed by atoms with Crippen LogP contribution in [0.1, 0.15) is 10.4 Å². The van der Waals surface area contributed by atoms with Gasteiger partial charge in [0.1, 0.15) is 5.69 Å². The van der Waals surface area contributed by atoms with Gasteiger partial charge < -0.3 is 19.9 Å². The largest absolute Gasteiger partial charge is 0.490 e. The van der Waals surface area contributed by atoms with E-state index in [9.17, 15) is 36.9 Å². The van der Waals surface area contributed by atoms with Crippen molar-refractivity contribution in [3.63, 3.8) is 0 Å². The van der Waals surface area contributed by atoms with Crippen molar-refractivity contribution in [2.45, 2.75) is 0 Å². The normalized spacial score (nSPS) is 13.2. The maximum atomic E-state index is 14.2. The number of piperazine rings is 1. The number of amides is 1. The number of ether oxygens (including phenoxy) is 1. The highest BCUT2D eigenvalue weighted by molar-refractivity contribution is 7.80. The van der Waals surface area contributed by atoms with Gasteiger partial charge in [-0.2, -0.15) is 0 Å². The number of carbonyl (C=O) groups excluding carboxylic acids is 1. The molecular weight excluding hydrogens is 561 g/mol. The Bertz CT molecular complexity index is 1450. The van der Waals surface area contributed by atoms with Crippen LogP contribution in [0, 0.1) is 39.2 Å². The van der Waals surface area contributed by atoms with Gasteiger partial charge in [0.2, 0.25) is 5.82 Å². The van der Waals surface area contributed by atoms with Crippen LogP contribution in [-0.2, 0) is 0 Å². The molecule has 1 fully saturated rings. The van der Waals surface area contributed by atoms with E-state index in [-0.39, 0.29) is 48.3 Å². The van der Waals surface area contributed by atoms with Crippen LogP contribution in [0.2, 0.25) is 0 Å². The third kappa shape index (κ3) is 5.73. The Labute approximate surface area is 229 Å². The molecule has 0 bridgehead atoms. The van der Waals surface area contributed by atoms with Crippen molar-refractivity contribution >= 4 is 46.0 Å². The van der Waals surface area contributed by atoms with Gasteiger partial charge in [0, 0.05) is 49.2 Å². The number of halogens is 5. The van der Waals surface area contributed by atoms with Crippen molar-refractivity contribution in [3.05, 3.63) is 87.2 Å². The molecule has 3 aromatic rings. The maximum Gasteiger partial charge on any atom is 0.311 e. The van der Waals surface area contributed by atoms with E-state index in [1.165, 1.54) is 19.2 Å². The summed E-state index contributed by atoms with van der Waals surface area (Å²) in [6, 6.07) is 10.5. The fraction of sp³-hybridized carbons (Fsp3) is 0.200. The third-order valence-corrected chi connectivity index (χ3v) is 6.34. The first-order valence-electron chi connectivity index (χ1n) is 11.6. The van der Waals surface area contributed by atoms with Gasteiger partial charge in [-0.25, -0.2) is 22.0 Å². The predicted octanol–water partition coefficient (Wildman–Crippen LogP) is 4.75. The molecule has 9 nitrogen and oxygen atoms in total. The summed E-state index contributed by atoms with van der Waals surface area (Å²) < 4.78 is 73.8. The fourth-order valence-corrected chi connectivity index (χ4v) is 4.34. The Morgan fingerprint density at radius 3 is 2.00 bits per heavy atom. The lowest BCUT2D eigenvalue weighted by Crippen LogP contribution is -2.47. The minimum atomic E-state index is -2.20. The molecule has 4 rings (SSSR count). The van der Waals surface area contributed by atoms with Gasteiger partial charge in [-0.3, -0.25) is 20.2 Å². The summed E-state index contributed by atoms with van der Waals surface area (Å²) in [5.74, 6) is -10.6. The Morgan fingerprint density at radius 2 is 1.45 bits per heavy atom. The number of carbonyl (C=O) groups is 1. The average molecular weight is 582 g/mol. The Morgan fingerprint density at radius 1 is 0.900 bits per heavy atom. The molecular formula is C25H20F5N5O4S. The number of benzene rings is 3. The number of nitrogens with zero attached hydrogens (tertiary/aromatic N) is 3. The lowest BCUT2D eigenvalue weighted by Gasteiger charge is -2.37. The van der Waals surface area contributed by atoms with Gasteiger partial charge in [-0.1, -0.05) is 0 Å². The second kappa shape index (κ2) is 11.7. The first kappa shape index (κ1) is 28.5. The van der Waals surface area contributed by atoms with E-state index in [0.717, 1.165) is 16.7 Å². The first-order valence-corrected chi connectivity index (χ1v) is 12.0. The fourth-order valence-electron chi connectivity index (χ4n) is 4.13. The summed E-state index contributed by atoms with van der Waals surface area (Å²) in [6.45, 7) is 0.513. The monoisotopic (exact) mass is 581 g/mol. The Kier molecular flexibility index (Phi) is 8.32. The lowest BCUT2D eigenvalue weighted by molar-refractivity contribution is -0.385. The van der Waals surface area contributed by atoms with Crippen molar-refractivity contribution in [2.24, 2.45) is 0 Å². The van der Waals surface area contributed by atoms with Crippen molar-refractivity contribution in [3.8, 4) is 5.75 Å². The quantitative estimate of drug-likeness (QED) is 0.108. The number of hydrogen-bond acceptors (Lipinski definition) is 7. The average Bonchev–Trinajstić information content (AvgIpc) is 2.95. The van der Waals surface area contributed by atoms with E-state index in [4.69, 9.17) is 17.0 Å². The molecule has 1 aliphatic rings. The summed E-state index contributed by atoms with van der Waals surface area (Å²) in [5.41, 5.74) is -0.0944. The van der Waals surface area contributed by atoms with E-state index in [1.54, 1.807) is 24.3 Å². The van der Waals surface area contributed by atoms with Gasteiger partial charge in [0.15, 0.2) is 34.1 Å². The number of rotatable bonds is 6. The van der Waals surface area contributed by atoms with Gasteiger partial charge in [0.25, 0.3) is 5.91 Å². The summed E-state index contributed by atoms with van der Waals surface area (Å²) in [4.78, 5) is 26.0. The van der Waals surface area contributed by atoms with E-state index in [0.29, 0.717) is 5.69 Å². The zero-order valence-electron chi connectivity index (χ0n) is 20.6. The highest BCUT2D eigenvalue weighted by Gasteiger charge is 2.30. The van der Waals surface area contributed by atoms with Crippen LogP contribution < -0.4 is 25.2 Å². The lowest BCUT2D eigenvalue weighted by atomic mass is 10.1. The van der Waals surface area contributed by atoms with Crippen LogP contribution in [-0.4, -0.2) is 49.2 Å². The Balaban J connectivity index is 1.35. The maximum absolute atomic E-state index is 14.2. The number of anilines is 3. The molecule has 1 amide bonds. The minimum Gasteiger partial charge on any atom is -0.490 e. The molecule has 1 heterocycles. The van der Waals surface area contributed by atoms with Crippen LogP contribution in [0.3, 0.4) is 0 Å². The van der Waals surface area contributed by atoms with Gasteiger partial charge in [-0.15, -0.1) is 0 Å². The smallest absolute Gasteiger partial charge is 0.311 e. The molecule has 1 saturated heterocycles.